The van der Waals surface area contributed by atoms with Crippen molar-refractivity contribution in [3.63, 3.8) is 0 Å². The summed E-state index contributed by atoms with van der Waals surface area (Å²) in [5.74, 6) is -0.404. The van der Waals surface area contributed by atoms with Gasteiger partial charge in [-0.3, -0.25) is 20.3 Å². The van der Waals surface area contributed by atoms with Gasteiger partial charge in [-0.25, -0.2) is 4.79 Å². The first-order valence-electron chi connectivity index (χ1n) is 9.62. The minimum absolute atomic E-state index is 0.0362. The Morgan fingerprint density at radius 1 is 1.21 bits per heavy atom. The molecule has 0 atom stereocenters. The van der Waals surface area contributed by atoms with Crippen molar-refractivity contribution in [3.8, 4) is 17.6 Å². The Hall–Kier alpha value is -3.81. The molecule has 1 heterocycles. The first-order chi connectivity index (χ1) is 15.8. The number of hydrazone groups is 1. The number of rotatable bonds is 6. The number of anilines is 2. The van der Waals surface area contributed by atoms with Gasteiger partial charge in [-0.15, -0.1) is 0 Å². The highest BCUT2D eigenvalue weighted by Crippen LogP contribution is 2.40. The predicted octanol–water partition coefficient (Wildman–Crippen LogP) is 4.23. The summed E-state index contributed by atoms with van der Waals surface area (Å²) in [7, 11) is 0. The molecule has 0 saturated carbocycles. The van der Waals surface area contributed by atoms with Crippen LogP contribution in [-0.4, -0.2) is 30.2 Å². The van der Waals surface area contributed by atoms with E-state index in [0.717, 1.165) is 11.3 Å². The summed E-state index contributed by atoms with van der Waals surface area (Å²) in [5.41, 5.74) is 3.80. The molecule has 0 radical (unpaired) electrons. The highest BCUT2D eigenvalue weighted by molar-refractivity contribution is 6.47. The minimum atomic E-state index is -1.04. The van der Waals surface area contributed by atoms with Crippen molar-refractivity contribution in [2.45, 2.75) is 19.8 Å². The Morgan fingerprint density at radius 2 is 1.94 bits per heavy atom. The number of nitrogens with one attached hydrogen (secondary N) is 3. The zero-order valence-electron chi connectivity index (χ0n) is 17.2. The molecule has 1 aliphatic rings. The van der Waals surface area contributed by atoms with E-state index in [0.29, 0.717) is 18.6 Å². The normalized spacial score (nSPS) is 12.7. The lowest BCUT2D eigenvalue weighted by molar-refractivity contribution is -0.116. The zero-order chi connectivity index (χ0) is 24.0. The Balaban J connectivity index is 1.73. The number of alkyl carbamates (subject to hydrolysis) is 1. The Labute approximate surface area is 198 Å². The number of ether oxygens (including phenoxy) is 2. The van der Waals surface area contributed by atoms with Gasteiger partial charge in [0, 0.05) is 12.1 Å². The fourth-order valence-electron chi connectivity index (χ4n) is 2.83. The van der Waals surface area contributed by atoms with Crippen LogP contribution in [0.5, 0.6) is 11.5 Å². The second-order valence-electron chi connectivity index (χ2n) is 6.60. The van der Waals surface area contributed by atoms with Crippen molar-refractivity contribution < 1.29 is 23.9 Å². The smallest absolute Gasteiger partial charge is 0.414 e. The summed E-state index contributed by atoms with van der Waals surface area (Å²) >= 11 is 12.6. The van der Waals surface area contributed by atoms with Gasteiger partial charge in [0.15, 0.2) is 5.75 Å². The molecule has 0 fully saturated rings. The van der Waals surface area contributed by atoms with Crippen molar-refractivity contribution in [1.29, 1.82) is 5.26 Å². The number of nitriles is 1. The van der Waals surface area contributed by atoms with E-state index in [-0.39, 0.29) is 34.0 Å². The van der Waals surface area contributed by atoms with Crippen LogP contribution in [0.2, 0.25) is 10.0 Å². The molecule has 2 aromatic rings. The van der Waals surface area contributed by atoms with Gasteiger partial charge in [-0.1, -0.05) is 23.2 Å². The summed E-state index contributed by atoms with van der Waals surface area (Å²) in [6.07, 6.45) is -0.0184. The molecular weight excluding hydrogens is 473 g/mol. The van der Waals surface area contributed by atoms with Crippen LogP contribution in [0, 0.1) is 11.3 Å². The van der Waals surface area contributed by atoms with Crippen LogP contribution in [-0.2, 0) is 20.7 Å². The number of fused-ring (bicyclic) bond motifs is 1. The van der Waals surface area contributed by atoms with E-state index in [1.165, 1.54) is 12.1 Å². The first-order valence-corrected chi connectivity index (χ1v) is 10.4. The summed E-state index contributed by atoms with van der Waals surface area (Å²) in [5, 5.41) is 17.7. The van der Waals surface area contributed by atoms with E-state index in [1.807, 2.05) is 5.32 Å². The number of imide groups is 1. The summed E-state index contributed by atoms with van der Waals surface area (Å²) in [6.45, 7) is 1.63. The monoisotopic (exact) mass is 489 g/mol. The van der Waals surface area contributed by atoms with Crippen LogP contribution in [0.25, 0.3) is 0 Å². The van der Waals surface area contributed by atoms with Crippen molar-refractivity contribution in [2.24, 2.45) is 5.10 Å². The number of hydrogen-bond donors (Lipinski definition) is 3. The SMILES string of the molecule is CCOC(=O)NC(=O)/C(C#N)=N/Nc1cc(Cl)c(Oc2ccc3c(c2)CCC(=O)N3)c(Cl)c1. The van der Waals surface area contributed by atoms with E-state index in [4.69, 9.17) is 33.2 Å². The molecule has 12 heteroatoms. The second kappa shape index (κ2) is 10.7. The number of nitrogens with zero attached hydrogens (tertiary/aromatic N) is 2. The Bertz CT molecular complexity index is 1170. The third kappa shape index (κ3) is 6.12. The van der Waals surface area contributed by atoms with Crippen LogP contribution < -0.4 is 20.8 Å². The molecule has 10 nitrogen and oxygen atoms in total. The molecule has 0 saturated heterocycles. The van der Waals surface area contributed by atoms with E-state index in [9.17, 15) is 14.4 Å². The lowest BCUT2D eigenvalue weighted by Crippen LogP contribution is -2.36. The molecule has 3 amide bonds. The fourth-order valence-corrected chi connectivity index (χ4v) is 3.39. The highest BCUT2D eigenvalue weighted by atomic mass is 35.5. The third-order valence-corrected chi connectivity index (χ3v) is 4.86. The second-order valence-corrected chi connectivity index (χ2v) is 7.41. The van der Waals surface area contributed by atoms with Gasteiger partial charge >= 0.3 is 6.09 Å². The lowest BCUT2D eigenvalue weighted by Gasteiger charge is -2.18. The molecule has 2 aromatic carbocycles. The predicted molar refractivity (Wildman–Crippen MR) is 122 cm³/mol. The molecule has 1 aliphatic heterocycles. The molecule has 0 aliphatic carbocycles. The van der Waals surface area contributed by atoms with E-state index in [1.54, 1.807) is 31.2 Å². The van der Waals surface area contributed by atoms with Gasteiger partial charge in [0.1, 0.15) is 11.8 Å². The standard InChI is InChI=1S/C21H17Cl2N5O5/c1-2-32-21(31)26-20(30)17(10-24)28-27-12-8-14(22)19(15(23)9-12)33-13-4-5-16-11(7-13)3-6-18(29)25-16/h4-5,7-9,27H,2-3,6H2,1H3,(H,25,29)(H,26,30,31)/b28-17+. The number of halogens is 2. The summed E-state index contributed by atoms with van der Waals surface area (Å²) in [6, 6.07) is 9.64. The molecule has 0 spiro atoms. The number of aryl methyl sites for hydroxylation is 1. The maximum Gasteiger partial charge on any atom is 0.414 e. The quantitative estimate of drug-likeness (QED) is 0.406. The summed E-state index contributed by atoms with van der Waals surface area (Å²) in [4.78, 5) is 34.7. The Morgan fingerprint density at radius 3 is 2.61 bits per heavy atom. The minimum Gasteiger partial charge on any atom is -0.454 e. The average Bonchev–Trinajstić information content (AvgIpc) is 2.76. The van der Waals surface area contributed by atoms with E-state index < -0.39 is 17.7 Å². The molecule has 0 bridgehead atoms. The number of benzene rings is 2. The van der Waals surface area contributed by atoms with Crippen molar-refractivity contribution in [2.75, 3.05) is 17.3 Å². The molecule has 3 rings (SSSR count). The number of carbonyl (C=O) groups is 3. The zero-order valence-corrected chi connectivity index (χ0v) is 18.7. The number of carbonyl (C=O) groups excluding carboxylic acids is 3. The fraction of sp³-hybridized carbons (Fsp3) is 0.190. The molecule has 33 heavy (non-hydrogen) atoms. The molecular formula is C21H17Cl2N5O5. The third-order valence-electron chi connectivity index (χ3n) is 4.30. The highest BCUT2D eigenvalue weighted by Gasteiger charge is 2.18. The van der Waals surface area contributed by atoms with Gasteiger partial charge in [-0.05, 0) is 49.2 Å². The molecule has 0 unspecified atom stereocenters. The van der Waals surface area contributed by atoms with Crippen LogP contribution in [0.1, 0.15) is 18.9 Å². The van der Waals surface area contributed by atoms with Crippen molar-refractivity contribution in [1.82, 2.24) is 5.32 Å². The van der Waals surface area contributed by atoms with Crippen LogP contribution in [0.3, 0.4) is 0 Å². The van der Waals surface area contributed by atoms with Crippen LogP contribution in [0.15, 0.2) is 35.4 Å². The van der Waals surface area contributed by atoms with E-state index >= 15 is 0 Å². The largest absolute Gasteiger partial charge is 0.454 e. The van der Waals surface area contributed by atoms with Gasteiger partial charge in [-0.2, -0.15) is 10.4 Å². The van der Waals surface area contributed by atoms with Gasteiger partial charge in [0.2, 0.25) is 11.6 Å². The number of amides is 3. The van der Waals surface area contributed by atoms with Gasteiger partial charge < -0.3 is 14.8 Å². The summed E-state index contributed by atoms with van der Waals surface area (Å²) < 4.78 is 10.4. The maximum atomic E-state index is 11.9. The van der Waals surface area contributed by atoms with E-state index in [2.05, 4.69) is 20.6 Å². The van der Waals surface area contributed by atoms with Gasteiger partial charge in [0.25, 0.3) is 5.91 Å². The van der Waals surface area contributed by atoms with Crippen molar-refractivity contribution in [3.05, 3.63) is 45.9 Å². The van der Waals surface area contributed by atoms with Crippen LogP contribution >= 0.6 is 23.2 Å². The topological polar surface area (TPSA) is 142 Å². The lowest BCUT2D eigenvalue weighted by atomic mass is 10.0. The Kier molecular flexibility index (Phi) is 7.71. The molecule has 0 aromatic heterocycles. The van der Waals surface area contributed by atoms with Crippen molar-refractivity contribution >= 4 is 58.2 Å². The van der Waals surface area contributed by atoms with Gasteiger partial charge in [0.05, 0.1) is 22.3 Å². The van der Waals surface area contributed by atoms with Crippen LogP contribution in [0.4, 0.5) is 16.2 Å². The molecule has 170 valence electrons. The maximum absolute atomic E-state index is 11.9. The molecule has 3 N–H and O–H groups in total. The average molecular weight is 490 g/mol. The first kappa shape index (κ1) is 23.8. The number of hydrogen-bond acceptors (Lipinski definition) is 8.